The fourth-order valence-corrected chi connectivity index (χ4v) is 2.45. The number of nitriles is 1. The highest BCUT2D eigenvalue weighted by atomic mass is 16.5. The van der Waals surface area contributed by atoms with Gasteiger partial charge in [-0.2, -0.15) is 5.26 Å². The van der Waals surface area contributed by atoms with Gasteiger partial charge in [0.1, 0.15) is 29.7 Å². The molecule has 136 valence electrons. The fourth-order valence-electron chi connectivity index (χ4n) is 2.45. The summed E-state index contributed by atoms with van der Waals surface area (Å²) >= 11 is 0. The molecule has 0 radical (unpaired) electrons. The first-order valence-electron chi connectivity index (χ1n) is 8.23. The maximum Gasteiger partial charge on any atom is 0.266 e. The van der Waals surface area contributed by atoms with Gasteiger partial charge < -0.3 is 14.8 Å². The average Bonchev–Trinajstić information content (AvgIpc) is 2.66. The first kappa shape index (κ1) is 19.6. The van der Waals surface area contributed by atoms with Crippen LogP contribution >= 0.6 is 0 Å². The Bertz CT molecular complexity index is 962. The summed E-state index contributed by atoms with van der Waals surface area (Å²) in [6.45, 7) is 3.93. The van der Waals surface area contributed by atoms with Crippen molar-refractivity contribution < 1.29 is 14.3 Å². The van der Waals surface area contributed by atoms with Crippen molar-refractivity contribution in [2.75, 3.05) is 19.0 Å². The number of aryl methyl sites for hydroxylation is 2. The van der Waals surface area contributed by atoms with Crippen molar-refractivity contribution in [3.63, 3.8) is 0 Å². The Morgan fingerprint density at radius 2 is 2.04 bits per heavy atom. The number of nitrogens with zero attached hydrogens (tertiary/aromatic N) is 1. The SMILES string of the molecule is C#CCOc1cc(OC)ccc1/C=C(\C#N)C(=O)Nc1ccc(C)cc1C. The first-order valence-corrected chi connectivity index (χ1v) is 8.23. The van der Waals surface area contributed by atoms with E-state index in [9.17, 15) is 10.1 Å². The number of rotatable bonds is 6. The molecule has 0 aliphatic carbocycles. The quantitative estimate of drug-likeness (QED) is 0.482. The van der Waals surface area contributed by atoms with Crippen LogP contribution in [-0.4, -0.2) is 19.6 Å². The van der Waals surface area contributed by atoms with E-state index in [-0.39, 0.29) is 12.2 Å². The number of hydrogen-bond acceptors (Lipinski definition) is 4. The summed E-state index contributed by atoms with van der Waals surface area (Å²) in [4.78, 5) is 12.5. The molecule has 0 bridgehead atoms. The van der Waals surface area contributed by atoms with Crippen molar-refractivity contribution in [2.24, 2.45) is 0 Å². The number of nitrogens with one attached hydrogen (secondary N) is 1. The van der Waals surface area contributed by atoms with Gasteiger partial charge in [-0.25, -0.2) is 0 Å². The van der Waals surface area contributed by atoms with E-state index < -0.39 is 5.91 Å². The minimum atomic E-state index is -0.497. The molecule has 1 amide bonds. The Labute approximate surface area is 159 Å². The molecule has 2 aromatic carbocycles. The molecule has 2 rings (SSSR count). The molecule has 0 fully saturated rings. The Kier molecular flexibility index (Phi) is 6.63. The molecule has 27 heavy (non-hydrogen) atoms. The molecule has 1 N–H and O–H groups in total. The minimum absolute atomic E-state index is 0.0503. The third-order valence-corrected chi connectivity index (χ3v) is 3.83. The predicted octanol–water partition coefficient (Wildman–Crippen LogP) is 3.87. The van der Waals surface area contributed by atoms with E-state index in [4.69, 9.17) is 15.9 Å². The largest absolute Gasteiger partial charge is 0.497 e. The van der Waals surface area contributed by atoms with Crippen molar-refractivity contribution >= 4 is 17.7 Å². The van der Waals surface area contributed by atoms with Crippen LogP contribution in [0.4, 0.5) is 5.69 Å². The third kappa shape index (κ3) is 5.14. The fraction of sp³-hybridized carbons (Fsp3) is 0.182. The van der Waals surface area contributed by atoms with Gasteiger partial charge in [-0.3, -0.25) is 4.79 Å². The van der Waals surface area contributed by atoms with Gasteiger partial charge in [-0.05, 0) is 43.7 Å². The number of hydrogen-bond donors (Lipinski definition) is 1. The summed E-state index contributed by atoms with van der Waals surface area (Å²) in [6.07, 6.45) is 6.71. The smallest absolute Gasteiger partial charge is 0.266 e. The van der Waals surface area contributed by atoms with E-state index in [1.54, 1.807) is 18.2 Å². The van der Waals surface area contributed by atoms with Crippen molar-refractivity contribution in [1.29, 1.82) is 5.26 Å². The van der Waals surface area contributed by atoms with Gasteiger partial charge in [0.05, 0.1) is 7.11 Å². The van der Waals surface area contributed by atoms with Gasteiger partial charge in [0.15, 0.2) is 0 Å². The van der Waals surface area contributed by atoms with E-state index in [0.29, 0.717) is 22.7 Å². The zero-order chi connectivity index (χ0) is 19.8. The summed E-state index contributed by atoms with van der Waals surface area (Å²) in [5.74, 6) is 2.90. The number of terminal acetylenes is 1. The lowest BCUT2D eigenvalue weighted by molar-refractivity contribution is -0.112. The highest BCUT2D eigenvalue weighted by molar-refractivity contribution is 6.10. The molecule has 0 aromatic heterocycles. The van der Waals surface area contributed by atoms with Crippen LogP contribution < -0.4 is 14.8 Å². The lowest BCUT2D eigenvalue weighted by atomic mass is 10.1. The normalized spacial score (nSPS) is 10.5. The molecule has 5 heteroatoms. The van der Waals surface area contributed by atoms with Crippen LogP contribution in [0.25, 0.3) is 6.08 Å². The van der Waals surface area contributed by atoms with Crippen LogP contribution in [0.3, 0.4) is 0 Å². The van der Waals surface area contributed by atoms with E-state index in [1.807, 2.05) is 38.1 Å². The van der Waals surface area contributed by atoms with Gasteiger partial charge in [0.2, 0.25) is 0 Å². The van der Waals surface area contributed by atoms with Crippen molar-refractivity contribution in [1.82, 2.24) is 0 Å². The highest BCUT2D eigenvalue weighted by Gasteiger charge is 2.13. The molecule has 0 unspecified atom stereocenters. The van der Waals surface area contributed by atoms with Gasteiger partial charge in [-0.1, -0.05) is 23.6 Å². The van der Waals surface area contributed by atoms with Gasteiger partial charge in [0.25, 0.3) is 5.91 Å². The zero-order valence-corrected chi connectivity index (χ0v) is 15.5. The van der Waals surface area contributed by atoms with E-state index in [1.165, 1.54) is 13.2 Å². The second-order valence-corrected chi connectivity index (χ2v) is 5.84. The number of benzene rings is 2. The molecule has 5 nitrogen and oxygen atoms in total. The maximum atomic E-state index is 12.5. The van der Waals surface area contributed by atoms with E-state index >= 15 is 0 Å². The maximum absolute atomic E-state index is 12.5. The summed E-state index contributed by atoms with van der Waals surface area (Å²) in [7, 11) is 1.54. The Hall–Kier alpha value is -3.70. The van der Waals surface area contributed by atoms with E-state index in [2.05, 4.69) is 11.2 Å². The molecule has 0 saturated carbocycles. The summed E-state index contributed by atoms with van der Waals surface area (Å²) in [6, 6.07) is 12.7. The first-order chi connectivity index (χ1) is 13.0. The third-order valence-electron chi connectivity index (χ3n) is 3.83. The number of ether oxygens (including phenoxy) is 2. The number of carbonyl (C=O) groups is 1. The number of methoxy groups -OCH3 is 1. The van der Waals surface area contributed by atoms with Crippen LogP contribution in [0.15, 0.2) is 42.0 Å². The summed E-state index contributed by atoms with van der Waals surface area (Å²) in [5.41, 5.74) is 3.17. The number of amides is 1. The number of carbonyl (C=O) groups excluding carboxylic acids is 1. The standard InChI is InChI=1S/C22H20N2O3/c1-5-10-27-21-13-19(26-4)8-7-17(21)12-18(14-23)22(25)24-20-9-6-15(2)11-16(20)3/h1,6-9,11-13H,10H2,2-4H3,(H,24,25)/b18-12+. The molecule has 2 aromatic rings. The van der Waals surface area contributed by atoms with Crippen LogP contribution in [0.5, 0.6) is 11.5 Å². The van der Waals surface area contributed by atoms with Crippen LogP contribution in [0.1, 0.15) is 16.7 Å². The van der Waals surface area contributed by atoms with Crippen molar-refractivity contribution in [2.45, 2.75) is 13.8 Å². The van der Waals surface area contributed by atoms with Crippen LogP contribution in [0, 0.1) is 37.5 Å². The molecule has 0 atom stereocenters. The van der Waals surface area contributed by atoms with E-state index in [0.717, 1.165) is 11.1 Å². The highest BCUT2D eigenvalue weighted by Crippen LogP contribution is 2.27. The van der Waals surface area contributed by atoms with Crippen molar-refractivity contribution in [3.8, 4) is 29.9 Å². The lowest BCUT2D eigenvalue weighted by Crippen LogP contribution is -2.14. The Morgan fingerprint density at radius 1 is 1.26 bits per heavy atom. The average molecular weight is 360 g/mol. The predicted molar refractivity (Wildman–Crippen MR) is 105 cm³/mol. The monoisotopic (exact) mass is 360 g/mol. The summed E-state index contributed by atoms with van der Waals surface area (Å²) < 4.78 is 10.7. The molecular weight excluding hydrogens is 340 g/mol. The molecule has 0 aliphatic heterocycles. The van der Waals surface area contributed by atoms with Crippen LogP contribution in [0.2, 0.25) is 0 Å². The molecular formula is C22H20N2O3. The number of anilines is 1. The summed E-state index contributed by atoms with van der Waals surface area (Å²) in [5, 5.41) is 12.2. The van der Waals surface area contributed by atoms with Crippen molar-refractivity contribution in [3.05, 3.63) is 58.7 Å². The second-order valence-electron chi connectivity index (χ2n) is 5.84. The molecule has 0 saturated heterocycles. The van der Waals surface area contributed by atoms with Gasteiger partial charge in [0, 0.05) is 17.3 Å². The lowest BCUT2D eigenvalue weighted by Gasteiger charge is -2.11. The Morgan fingerprint density at radius 3 is 2.67 bits per heavy atom. The van der Waals surface area contributed by atoms with Crippen LogP contribution in [-0.2, 0) is 4.79 Å². The molecule has 0 spiro atoms. The topological polar surface area (TPSA) is 71.3 Å². The molecule has 0 aliphatic rings. The van der Waals surface area contributed by atoms with Gasteiger partial charge in [-0.15, -0.1) is 6.42 Å². The zero-order valence-electron chi connectivity index (χ0n) is 15.5. The molecule has 0 heterocycles. The minimum Gasteiger partial charge on any atom is -0.497 e. The van der Waals surface area contributed by atoms with Gasteiger partial charge >= 0.3 is 0 Å². The Balaban J connectivity index is 2.33. The second kappa shape index (κ2) is 9.12.